The second-order valence-electron chi connectivity index (χ2n) is 10.9. The van der Waals surface area contributed by atoms with Crippen molar-refractivity contribution in [2.24, 2.45) is 5.92 Å². The minimum absolute atomic E-state index is 0.0358. The van der Waals surface area contributed by atoms with Gasteiger partial charge in [0.25, 0.3) is 0 Å². The maximum Gasteiger partial charge on any atom is 0.433 e. The molecule has 0 saturated carbocycles. The molecular formula is C28H33F4N9O. The smallest absolute Gasteiger partial charge is 0.377 e. The number of morpholine rings is 1. The first-order chi connectivity index (χ1) is 20.1. The van der Waals surface area contributed by atoms with Crippen LogP contribution in [-0.2, 0) is 17.5 Å². The summed E-state index contributed by atoms with van der Waals surface area (Å²) in [5, 5.41) is 10.6. The highest BCUT2D eigenvalue weighted by molar-refractivity contribution is 5.81. The Labute approximate surface area is 240 Å². The van der Waals surface area contributed by atoms with E-state index in [0.717, 1.165) is 24.1 Å². The number of ether oxygens (including phenoxy) is 1. The third kappa shape index (κ3) is 5.28. The lowest BCUT2D eigenvalue weighted by molar-refractivity contribution is -0.144. The molecule has 0 spiro atoms. The number of nitrogens with zero attached hydrogens (tertiary/aromatic N) is 7. The monoisotopic (exact) mass is 587 g/mol. The van der Waals surface area contributed by atoms with Gasteiger partial charge in [-0.1, -0.05) is 0 Å². The Balaban J connectivity index is 1.57. The predicted octanol–water partition coefficient (Wildman–Crippen LogP) is 4.41. The molecule has 42 heavy (non-hydrogen) atoms. The number of imidazole rings is 1. The highest BCUT2D eigenvalue weighted by Gasteiger charge is 2.41. The molecule has 0 amide bonds. The van der Waals surface area contributed by atoms with E-state index >= 15 is 0 Å². The lowest BCUT2D eigenvalue weighted by atomic mass is 9.99. The quantitative estimate of drug-likeness (QED) is 0.320. The summed E-state index contributed by atoms with van der Waals surface area (Å²) < 4.78 is 66.8. The summed E-state index contributed by atoms with van der Waals surface area (Å²) in [6.45, 7) is 6.61. The molecule has 0 bridgehead atoms. The molecule has 4 aromatic rings. The number of anilines is 2. The third-order valence-corrected chi connectivity index (χ3v) is 7.89. The molecule has 14 heteroatoms. The van der Waals surface area contributed by atoms with E-state index in [9.17, 15) is 17.6 Å². The molecule has 2 aliphatic heterocycles. The fourth-order valence-corrected chi connectivity index (χ4v) is 5.92. The van der Waals surface area contributed by atoms with Gasteiger partial charge in [0.15, 0.2) is 5.69 Å². The highest BCUT2D eigenvalue weighted by atomic mass is 19.4. The van der Waals surface area contributed by atoms with Crippen molar-refractivity contribution in [2.75, 3.05) is 50.1 Å². The molecule has 0 radical (unpaired) electrons. The van der Waals surface area contributed by atoms with Crippen LogP contribution in [0.2, 0.25) is 0 Å². The van der Waals surface area contributed by atoms with E-state index in [-0.39, 0.29) is 41.4 Å². The zero-order valence-corrected chi connectivity index (χ0v) is 23.7. The van der Waals surface area contributed by atoms with E-state index in [1.165, 1.54) is 12.1 Å². The number of fused-ring (bicyclic) bond motifs is 1. The van der Waals surface area contributed by atoms with E-state index in [1.807, 2.05) is 11.8 Å². The number of alkyl halides is 3. The van der Waals surface area contributed by atoms with Gasteiger partial charge in [0, 0.05) is 32.3 Å². The normalized spacial score (nSPS) is 19.9. The molecule has 0 aliphatic carbocycles. The van der Waals surface area contributed by atoms with Crippen molar-refractivity contribution in [2.45, 2.75) is 45.5 Å². The summed E-state index contributed by atoms with van der Waals surface area (Å²) in [6, 6.07) is 5.65. The Morgan fingerprint density at radius 3 is 2.71 bits per heavy atom. The minimum atomic E-state index is -4.68. The number of benzene rings is 1. The molecule has 2 N–H and O–H groups in total. The molecule has 1 aromatic carbocycles. The lowest BCUT2D eigenvalue weighted by Gasteiger charge is -2.34. The molecule has 3 aromatic heterocycles. The second kappa shape index (κ2) is 11.1. The van der Waals surface area contributed by atoms with Crippen LogP contribution in [0.15, 0.2) is 24.3 Å². The number of nitrogens with one attached hydrogen (secondary N) is 2. The number of halogens is 4. The van der Waals surface area contributed by atoms with Crippen molar-refractivity contribution in [3.05, 3.63) is 41.5 Å². The molecule has 10 nitrogen and oxygen atoms in total. The SMILES string of the molecule is CNc1nc2cc(F)ccc2n1-c1nc(-c2c(C)nn(CC3CCCNC3)c2C(F)(F)F)cc(N2CCOC[C@H]2C)n1. The fourth-order valence-electron chi connectivity index (χ4n) is 5.92. The summed E-state index contributed by atoms with van der Waals surface area (Å²) in [5.74, 6) is 0.457. The van der Waals surface area contributed by atoms with Crippen LogP contribution < -0.4 is 15.5 Å². The first kappa shape index (κ1) is 28.3. The van der Waals surface area contributed by atoms with Gasteiger partial charge in [0.2, 0.25) is 11.9 Å². The summed E-state index contributed by atoms with van der Waals surface area (Å²) in [4.78, 5) is 16.0. The first-order valence-electron chi connectivity index (χ1n) is 14.1. The topological polar surface area (TPSA) is 98.0 Å². The van der Waals surface area contributed by atoms with Crippen LogP contribution >= 0.6 is 0 Å². The van der Waals surface area contributed by atoms with Crippen LogP contribution in [0.1, 0.15) is 31.2 Å². The summed E-state index contributed by atoms with van der Waals surface area (Å²) in [5.41, 5.74) is 0.268. The molecule has 2 fully saturated rings. The van der Waals surface area contributed by atoms with Gasteiger partial charge in [-0.25, -0.2) is 18.9 Å². The number of hydrogen-bond donors (Lipinski definition) is 2. The number of rotatable bonds is 6. The standard InChI is InChI=1S/C28H33F4N9O/c1-16-15-42-10-9-39(16)23-12-21(36-27(37-23)41-22-7-6-19(29)11-20(22)35-26(41)33-3)24-17(2)38-40(25(24)28(30,31)32)14-18-5-4-8-34-13-18/h6-7,11-12,16,18,34H,4-5,8-10,13-15H2,1-3H3,(H,33,35)/t16-,18?/m1/s1. The number of aryl methyl sites for hydroxylation is 1. The van der Waals surface area contributed by atoms with Crippen LogP contribution in [0.25, 0.3) is 28.2 Å². The average Bonchev–Trinajstić information content (AvgIpc) is 3.50. The molecule has 2 saturated heterocycles. The highest BCUT2D eigenvalue weighted by Crippen LogP contribution is 2.40. The maximum atomic E-state index is 14.8. The first-order valence-corrected chi connectivity index (χ1v) is 14.1. The van der Waals surface area contributed by atoms with Gasteiger partial charge >= 0.3 is 6.18 Å². The van der Waals surface area contributed by atoms with Crippen LogP contribution in [0.4, 0.5) is 29.3 Å². The second-order valence-corrected chi connectivity index (χ2v) is 10.9. The summed E-state index contributed by atoms with van der Waals surface area (Å²) >= 11 is 0. The number of piperidine rings is 1. The molecular weight excluding hydrogens is 554 g/mol. The molecule has 5 heterocycles. The zero-order valence-electron chi connectivity index (χ0n) is 23.7. The molecule has 2 aliphatic rings. The zero-order chi connectivity index (χ0) is 29.6. The molecule has 6 rings (SSSR count). The largest absolute Gasteiger partial charge is 0.433 e. The van der Waals surface area contributed by atoms with Crippen LogP contribution in [0, 0.1) is 18.7 Å². The summed E-state index contributed by atoms with van der Waals surface area (Å²) in [7, 11) is 1.65. The van der Waals surface area contributed by atoms with Gasteiger partial charge < -0.3 is 20.3 Å². The van der Waals surface area contributed by atoms with E-state index in [4.69, 9.17) is 14.7 Å². The van der Waals surface area contributed by atoms with E-state index in [0.29, 0.717) is 49.1 Å². The number of aromatic nitrogens is 6. The Morgan fingerprint density at radius 1 is 1.17 bits per heavy atom. The van der Waals surface area contributed by atoms with Crippen molar-refractivity contribution in [1.82, 2.24) is 34.6 Å². The van der Waals surface area contributed by atoms with Crippen molar-refractivity contribution < 1.29 is 22.3 Å². The predicted molar refractivity (Wildman–Crippen MR) is 150 cm³/mol. The fraction of sp³-hybridized carbons (Fsp3) is 0.500. The van der Waals surface area contributed by atoms with Gasteiger partial charge in [0.1, 0.15) is 11.6 Å². The Morgan fingerprint density at radius 2 is 2.00 bits per heavy atom. The summed E-state index contributed by atoms with van der Waals surface area (Å²) in [6.07, 6.45) is -2.94. The van der Waals surface area contributed by atoms with Crippen molar-refractivity contribution >= 4 is 22.8 Å². The van der Waals surface area contributed by atoms with Crippen LogP contribution in [0.5, 0.6) is 0 Å². The maximum absolute atomic E-state index is 14.8. The Bertz CT molecular complexity index is 1590. The Hall–Kier alpha value is -3.78. The van der Waals surface area contributed by atoms with Gasteiger partial charge in [-0.2, -0.15) is 23.3 Å². The molecule has 2 atom stereocenters. The van der Waals surface area contributed by atoms with Crippen LogP contribution in [0.3, 0.4) is 0 Å². The van der Waals surface area contributed by atoms with Gasteiger partial charge in [-0.3, -0.25) is 4.68 Å². The van der Waals surface area contributed by atoms with E-state index < -0.39 is 17.7 Å². The van der Waals surface area contributed by atoms with Gasteiger partial charge in [-0.05, 0) is 57.8 Å². The van der Waals surface area contributed by atoms with Gasteiger partial charge in [0.05, 0.1) is 47.2 Å². The lowest BCUT2D eigenvalue weighted by Crippen LogP contribution is -2.44. The molecule has 1 unspecified atom stereocenters. The van der Waals surface area contributed by atoms with Crippen molar-refractivity contribution in [3.8, 4) is 17.2 Å². The van der Waals surface area contributed by atoms with E-state index in [1.54, 1.807) is 30.7 Å². The van der Waals surface area contributed by atoms with Gasteiger partial charge in [-0.15, -0.1) is 0 Å². The third-order valence-electron chi connectivity index (χ3n) is 7.89. The molecule has 224 valence electrons. The van der Waals surface area contributed by atoms with Crippen molar-refractivity contribution in [1.29, 1.82) is 0 Å². The van der Waals surface area contributed by atoms with Crippen molar-refractivity contribution in [3.63, 3.8) is 0 Å². The minimum Gasteiger partial charge on any atom is -0.377 e. The average molecular weight is 588 g/mol. The Kier molecular flexibility index (Phi) is 7.51. The van der Waals surface area contributed by atoms with E-state index in [2.05, 4.69) is 20.7 Å². The van der Waals surface area contributed by atoms with Crippen LogP contribution in [-0.4, -0.2) is 75.2 Å². The number of hydrogen-bond acceptors (Lipinski definition) is 8.